The Morgan fingerprint density at radius 1 is 1.17 bits per heavy atom. The lowest BCUT2D eigenvalue weighted by molar-refractivity contribution is -0.118. The Morgan fingerprint density at radius 2 is 1.97 bits per heavy atom. The SMILES string of the molecule is CCC(=O)N1CCc2cc(S(=O)(=O)NCCSCc3ccc(Cl)c(Cl)c3)ccc21. The minimum Gasteiger partial charge on any atom is -0.312 e. The first-order chi connectivity index (χ1) is 13.8. The number of amides is 1. The van der Waals surface area contributed by atoms with E-state index in [0.29, 0.717) is 41.7 Å². The molecule has 0 saturated carbocycles. The minimum absolute atomic E-state index is 0.0523. The smallest absolute Gasteiger partial charge is 0.240 e. The molecule has 0 saturated heterocycles. The maximum absolute atomic E-state index is 12.6. The van der Waals surface area contributed by atoms with Gasteiger partial charge in [-0.05, 0) is 47.9 Å². The van der Waals surface area contributed by atoms with Crippen molar-refractivity contribution in [2.75, 3.05) is 23.7 Å². The van der Waals surface area contributed by atoms with Gasteiger partial charge in [0.05, 0.1) is 14.9 Å². The van der Waals surface area contributed by atoms with Crippen molar-refractivity contribution >= 4 is 56.6 Å². The molecule has 0 fully saturated rings. The molecule has 0 radical (unpaired) electrons. The molecule has 9 heteroatoms. The van der Waals surface area contributed by atoms with E-state index in [2.05, 4.69) is 4.72 Å². The monoisotopic (exact) mass is 472 g/mol. The van der Waals surface area contributed by atoms with E-state index in [0.717, 1.165) is 22.6 Å². The van der Waals surface area contributed by atoms with E-state index in [4.69, 9.17) is 23.2 Å². The summed E-state index contributed by atoms with van der Waals surface area (Å²) in [4.78, 5) is 13.9. The largest absolute Gasteiger partial charge is 0.312 e. The zero-order valence-corrected chi connectivity index (χ0v) is 19.1. The van der Waals surface area contributed by atoms with Crippen LogP contribution in [-0.2, 0) is 27.0 Å². The van der Waals surface area contributed by atoms with Gasteiger partial charge < -0.3 is 4.90 Å². The van der Waals surface area contributed by atoms with Gasteiger partial charge in [0.25, 0.3) is 0 Å². The summed E-state index contributed by atoms with van der Waals surface area (Å²) in [5.41, 5.74) is 2.74. The Balaban J connectivity index is 1.53. The van der Waals surface area contributed by atoms with Gasteiger partial charge in [0.15, 0.2) is 0 Å². The molecule has 0 spiro atoms. The topological polar surface area (TPSA) is 66.5 Å². The third-order valence-corrected chi connectivity index (χ3v) is 7.88. The second kappa shape index (κ2) is 9.71. The second-order valence-corrected chi connectivity index (χ2v) is 10.3. The number of anilines is 1. The van der Waals surface area contributed by atoms with Crippen molar-refractivity contribution in [2.24, 2.45) is 0 Å². The van der Waals surface area contributed by atoms with Crippen molar-refractivity contribution in [1.29, 1.82) is 0 Å². The third-order valence-electron chi connectivity index (χ3n) is 4.65. The number of fused-ring (bicyclic) bond motifs is 1. The molecule has 29 heavy (non-hydrogen) atoms. The van der Waals surface area contributed by atoms with Crippen LogP contribution in [0.3, 0.4) is 0 Å². The lowest BCUT2D eigenvalue weighted by Gasteiger charge is -2.16. The van der Waals surface area contributed by atoms with Gasteiger partial charge in [-0.25, -0.2) is 13.1 Å². The van der Waals surface area contributed by atoms with Crippen LogP contribution in [-0.4, -0.2) is 33.2 Å². The van der Waals surface area contributed by atoms with E-state index in [1.54, 1.807) is 40.9 Å². The van der Waals surface area contributed by atoms with Gasteiger partial charge in [0.1, 0.15) is 0 Å². The molecule has 1 N–H and O–H groups in total. The summed E-state index contributed by atoms with van der Waals surface area (Å²) in [5.74, 6) is 1.40. The number of thioether (sulfide) groups is 1. The molecule has 0 aliphatic carbocycles. The zero-order valence-electron chi connectivity index (χ0n) is 16.0. The molecule has 0 aromatic heterocycles. The highest BCUT2D eigenvalue weighted by atomic mass is 35.5. The molecule has 0 bridgehead atoms. The fourth-order valence-corrected chi connectivity index (χ4v) is 5.48. The number of nitrogens with zero attached hydrogens (tertiary/aromatic N) is 1. The molecule has 1 amide bonds. The molecule has 1 heterocycles. The number of benzene rings is 2. The first-order valence-corrected chi connectivity index (χ1v) is 12.7. The lowest BCUT2D eigenvalue weighted by Crippen LogP contribution is -2.28. The molecule has 2 aromatic carbocycles. The maximum Gasteiger partial charge on any atom is 0.240 e. The van der Waals surface area contributed by atoms with Gasteiger partial charge in [-0.1, -0.05) is 36.2 Å². The van der Waals surface area contributed by atoms with E-state index in [-0.39, 0.29) is 10.8 Å². The van der Waals surface area contributed by atoms with E-state index >= 15 is 0 Å². The molecule has 1 aliphatic rings. The summed E-state index contributed by atoms with van der Waals surface area (Å²) in [6.45, 7) is 2.75. The highest BCUT2D eigenvalue weighted by molar-refractivity contribution is 7.98. The van der Waals surface area contributed by atoms with Crippen LogP contribution in [0.2, 0.25) is 10.0 Å². The zero-order chi connectivity index (χ0) is 21.0. The number of sulfonamides is 1. The molecule has 2 aromatic rings. The van der Waals surface area contributed by atoms with Crippen LogP contribution in [0, 0.1) is 0 Å². The summed E-state index contributed by atoms with van der Waals surface area (Å²) < 4.78 is 27.8. The molecule has 0 atom stereocenters. The van der Waals surface area contributed by atoms with E-state index in [1.165, 1.54) is 0 Å². The first-order valence-electron chi connectivity index (χ1n) is 9.26. The van der Waals surface area contributed by atoms with Crippen molar-refractivity contribution in [2.45, 2.75) is 30.4 Å². The van der Waals surface area contributed by atoms with Gasteiger partial charge in [-0.3, -0.25) is 4.79 Å². The van der Waals surface area contributed by atoms with Gasteiger partial charge in [0, 0.05) is 36.7 Å². The number of nitrogens with one attached hydrogen (secondary N) is 1. The van der Waals surface area contributed by atoms with Crippen LogP contribution in [0.15, 0.2) is 41.3 Å². The Hall–Kier alpha value is -1.25. The van der Waals surface area contributed by atoms with Crippen molar-refractivity contribution < 1.29 is 13.2 Å². The molecule has 1 aliphatic heterocycles. The lowest BCUT2D eigenvalue weighted by atomic mass is 10.2. The molecular weight excluding hydrogens is 451 g/mol. The predicted octanol–water partition coefficient (Wildman–Crippen LogP) is 4.50. The fraction of sp³-hybridized carbons (Fsp3) is 0.350. The van der Waals surface area contributed by atoms with Crippen LogP contribution in [0.1, 0.15) is 24.5 Å². The van der Waals surface area contributed by atoms with E-state index in [1.807, 2.05) is 19.1 Å². The van der Waals surface area contributed by atoms with Crippen LogP contribution >= 0.6 is 35.0 Å². The second-order valence-electron chi connectivity index (χ2n) is 6.64. The molecule has 156 valence electrons. The summed E-state index contributed by atoms with van der Waals surface area (Å²) in [5, 5.41) is 1.03. The Kier molecular flexibility index (Phi) is 7.51. The Morgan fingerprint density at radius 3 is 2.69 bits per heavy atom. The van der Waals surface area contributed by atoms with Crippen molar-refractivity contribution in [3.63, 3.8) is 0 Å². The minimum atomic E-state index is -3.59. The predicted molar refractivity (Wildman–Crippen MR) is 121 cm³/mol. The number of hydrogen-bond donors (Lipinski definition) is 1. The number of carbonyl (C=O) groups is 1. The standard InChI is InChI=1S/C20H22Cl2N2O3S2/c1-2-20(25)24-9-7-15-12-16(4-6-19(15)24)29(26,27)23-8-10-28-13-14-3-5-17(21)18(22)11-14/h3-6,11-12,23H,2,7-10,13H2,1H3. The first kappa shape index (κ1) is 22.4. The van der Waals surface area contributed by atoms with Crippen LogP contribution in [0.25, 0.3) is 0 Å². The third kappa shape index (κ3) is 5.47. The molecule has 0 unspecified atom stereocenters. The van der Waals surface area contributed by atoms with Crippen molar-refractivity contribution in [3.05, 3.63) is 57.6 Å². The van der Waals surface area contributed by atoms with Crippen molar-refractivity contribution in [3.8, 4) is 0 Å². The number of hydrogen-bond acceptors (Lipinski definition) is 4. The van der Waals surface area contributed by atoms with Crippen LogP contribution < -0.4 is 9.62 Å². The highest BCUT2D eigenvalue weighted by Gasteiger charge is 2.25. The molecule has 5 nitrogen and oxygen atoms in total. The molecular formula is C20H22Cl2N2O3S2. The number of carbonyl (C=O) groups excluding carboxylic acids is 1. The Bertz CT molecular complexity index is 1010. The van der Waals surface area contributed by atoms with Gasteiger partial charge in [-0.15, -0.1) is 0 Å². The number of halogens is 2. The maximum atomic E-state index is 12.6. The van der Waals surface area contributed by atoms with Gasteiger partial charge >= 0.3 is 0 Å². The van der Waals surface area contributed by atoms with Crippen LogP contribution in [0.5, 0.6) is 0 Å². The quantitative estimate of drug-likeness (QED) is 0.574. The van der Waals surface area contributed by atoms with Gasteiger partial charge in [-0.2, -0.15) is 11.8 Å². The number of rotatable bonds is 8. The average molecular weight is 473 g/mol. The normalized spacial score (nSPS) is 13.6. The van der Waals surface area contributed by atoms with Crippen LogP contribution in [0.4, 0.5) is 5.69 Å². The summed E-state index contributed by atoms with van der Waals surface area (Å²) in [7, 11) is -3.59. The Labute approximate surface area is 185 Å². The summed E-state index contributed by atoms with van der Waals surface area (Å²) in [6, 6.07) is 10.4. The summed E-state index contributed by atoms with van der Waals surface area (Å²) >= 11 is 13.5. The molecule has 3 rings (SSSR count). The highest BCUT2D eigenvalue weighted by Crippen LogP contribution is 2.30. The van der Waals surface area contributed by atoms with Gasteiger partial charge in [0.2, 0.25) is 15.9 Å². The summed E-state index contributed by atoms with van der Waals surface area (Å²) in [6.07, 6.45) is 1.10. The van der Waals surface area contributed by atoms with Crippen molar-refractivity contribution in [1.82, 2.24) is 4.72 Å². The van der Waals surface area contributed by atoms with E-state index in [9.17, 15) is 13.2 Å². The average Bonchev–Trinajstić information content (AvgIpc) is 3.13. The fourth-order valence-electron chi connectivity index (χ4n) is 3.15. The van der Waals surface area contributed by atoms with E-state index < -0.39 is 10.0 Å².